The van der Waals surface area contributed by atoms with E-state index < -0.39 is 9.84 Å². The van der Waals surface area contributed by atoms with Crippen LogP contribution < -0.4 is 5.32 Å². The summed E-state index contributed by atoms with van der Waals surface area (Å²) in [7, 11) is -1.51. The second kappa shape index (κ2) is 7.94. The van der Waals surface area contributed by atoms with Crippen molar-refractivity contribution >= 4 is 28.2 Å². The van der Waals surface area contributed by atoms with Crippen molar-refractivity contribution in [2.24, 2.45) is 0 Å². The third-order valence-corrected chi connectivity index (χ3v) is 5.74. The molecule has 5 nitrogen and oxygen atoms in total. The molecule has 1 aromatic carbocycles. The number of halogens is 1. The van der Waals surface area contributed by atoms with Crippen LogP contribution in [0.5, 0.6) is 0 Å². The zero-order valence-electron chi connectivity index (χ0n) is 12.9. The van der Waals surface area contributed by atoms with Crippen LogP contribution in [-0.4, -0.2) is 51.2 Å². The van der Waals surface area contributed by atoms with E-state index in [1.165, 1.54) is 6.07 Å². The first-order chi connectivity index (χ1) is 9.99. The van der Waals surface area contributed by atoms with Crippen LogP contribution in [0.1, 0.15) is 30.1 Å². The van der Waals surface area contributed by atoms with E-state index in [1.54, 1.807) is 30.0 Å². The number of sulfone groups is 1. The number of hydrogen-bond acceptors (Lipinski definition) is 4. The molecule has 1 saturated heterocycles. The quantitative estimate of drug-likeness (QED) is 0.901. The fourth-order valence-electron chi connectivity index (χ4n) is 2.64. The van der Waals surface area contributed by atoms with Gasteiger partial charge in [0.05, 0.1) is 16.2 Å². The normalized spacial score (nSPS) is 18.6. The standard InChI is InChI=1S/C15H22N2O3S.ClH/c1-3-21(19,20)14-9-5-4-8-13(14)15(18)17-10-6-7-12(11-17)16-2;/h4-5,8-9,12,16H,3,6-7,10-11H2,1-2H3;1H. The molecule has 0 bridgehead atoms. The molecule has 1 aliphatic rings. The molecule has 0 saturated carbocycles. The Morgan fingerprint density at radius 2 is 2.05 bits per heavy atom. The van der Waals surface area contributed by atoms with E-state index in [-0.39, 0.29) is 40.6 Å². The number of benzene rings is 1. The third-order valence-electron chi connectivity index (χ3n) is 3.95. The van der Waals surface area contributed by atoms with Crippen LogP contribution >= 0.6 is 12.4 Å². The number of nitrogens with zero attached hydrogens (tertiary/aromatic N) is 1. The second-order valence-corrected chi connectivity index (χ2v) is 7.53. The van der Waals surface area contributed by atoms with Crippen LogP contribution in [0.2, 0.25) is 0 Å². The number of carbonyl (C=O) groups excluding carboxylic acids is 1. The molecule has 1 heterocycles. The van der Waals surface area contributed by atoms with E-state index in [1.807, 2.05) is 7.05 Å². The van der Waals surface area contributed by atoms with Crippen molar-refractivity contribution in [3.05, 3.63) is 29.8 Å². The van der Waals surface area contributed by atoms with Gasteiger partial charge in [-0.2, -0.15) is 0 Å². The van der Waals surface area contributed by atoms with Crippen LogP contribution in [-0.2, 0) is 9.84 Å². The average Bonchev–Trinajstić information content (AvgIpc) is 2.54. The van der Waals surface area contributed by atoms with Crippen molar-refractivity contribution in [1.82, 2.24) is 10.2 Å². The first-order valence-corrected chi connectivity index (χ1v) is 8.93. The molecule has 0 spiro atoms. The van der Waals surface area contributed by atoms with Crippen molar-refractivity contribution in [3.63, 3.8) is 0 Å². The lowest BCUT2D eigenvalue weighted by Crippen LogP contribution is -2.47. The molecule has 0 aromatic heterocycles. The molecule has 1 N–H and O–H groups in total. The first kappa shape index (κ1) is 18.9. The lowest BCUT2D eigenvalue weighted by molar-refractivity contribution is 0.0694. The van der Waals surface area contributed by atoms with E-state index in [0.717, 1.165) is 12.8 Å². The van der Waals surface area contributed by atoms with Crippen molar-refractivity contribution in [2.45, 2.75) is 30.7 Å². The van der Waals surface area contributed by atoms with E-state index >= 15 is 0 Å². The molecule has 1 amide bonds. The lowest BCUT2D eigenvalue weighted by Gasteiger charge is -2.33. The predicted molar refractivity (Wildman–Crippen MR) is 89.4 cm³/mol. The Balaban J connectivity index is 0.00000242. The molecule has 1 aliphatic heterocycles. The second-order valence-electron chi connectivity index (χ2n) is 5.28. The fraction of sp³-hybridized carbons (Fsp3) is 0.533. The highest BCUT2D eigenvalue weighted by Gasteiger charge is 2.27. The Morgan fingerprint density at radius 3 is 2.68 bits per heavy atom. The Hall–Kier alpha value is -1.11. The maximum absolute atomic E-state index is 12.7. The molecule has 0 radical (unpaired) electrons. The van der Waals surface area contributed by atoms with Crippen LogP contribution in [0.15, 0.2) is 29.2 Å². The SMILES string of the molecule is CCS(=O)(=O)c1ccccc1C(=O)N1CCCC(NC)C1.Cl. The fourth-order valence-corrected chi connectivity index (χ4v) is 3.72. The smallest absolute Gasteiger partial charge is 0.255 e. The average molecular weight is 347 g/mol. The van der Waals surface area contributed by atoms with Gasteiger partial charge in [-0.15, -0.1) is 12.4 Å². The van der Waals surface area contributed by atoms with E-state index in [0.29, 0.717) is 13.1 Å². The highest BCUT2D eigenvalue weighted by atomic mass is 35.5. The molecule has 7 heteroatoms. The van der Waals surface area contributed by atoms with E-state index in [9.17, 15) is 13.2 Å². The largest absolute Gasteiger partial charge is 0.337 e. The maximum atomic E-state index is 12.7. The van der Waals surface area contributed by atoms with Gasteiger partial charge in [-0.25, -0.2) is 8.42 Å². The van der Waals surface area contributed by atoms with Crippen molar-refractivity contribution in [1.29, 1.82) is 0 Å². The van der Waals surface area contributed by atoms with Gasteiger partial charge in [-0.3, -0.25) is 4.79 Å². The number of hydrogen-bond donors (Lipinski definition) is 1. The summed E-state index contributed by atoms with van der Waals surface area (Å²) in [6.07, 6.45) is 1.97. The van der Waals surface area contributed by atoms with Gasteiger partial charge in [0.15, 0.2) is 9.84 Å². The van der Waals surface area contributed by atoms with Crippen molar-refractivity contribution in [3.8, 4) is 0 Å². The Bertz CT molecular complexity index is 619. The number of piperidine rings is 1. The van der Waals surface area contributed by atoms with E-state index in [2.05, 4.69) is 5.32 Å². The van der Waals surface area contributed by atoms with E-state index in [4.69, 9.17) is 0 Å². The maximum Gasteiger partial charge on any atom is 0.255 e. The molecular weight excluding hydrogens is 324 g/mol. The minimum atomic E-state index is -3.39. The Labute approximate surface area is 138 Å². The number of carbonyl (C=O) groups is 1. The minimum Gasteiger partial charge on any atom is -0.337 e. The summed E-state index contributed by atoms with van der Waals surface area (Å²) in [6.45, 7) is 2.89. The summed E-state index contributed by atoms with van der Waals surface area (Å²) < 4.78 is 24.3. The van der Waals surface area contributed by atoms with Gasteiger partial charge in [0, 0.05) is 19.1 Å². The van der Waals surface area contributed by atoms with Crippen molar-refractivity contribution in [2.75, 3.05) is 25.9 Å². The monoisotopic (exact) mass is 346 g/mol. The first-order valence-electron chi connectivity index (χ1n) is 7.28. The summed E-state index contributed by atoms with van der Waals surface area (Å²) in [5, 5.41) is 3.18. The molecule has 2 rings (SSSR count). The van der Waals surface area contributed by atoms with Crippen molar-refractivity contribution < 1.29 is 13.2 Å². The summed E-state index contributed by atoms with van der Waals surface area (Å²) in [5.41, 5.74) is 0.288. The number of amides is 1. The molecule has 1 unspecified atom stereocenters. The number of likely N-dealkylation sites (tertiary alicyclic amines) is 1. The van der Waals surface area contributed by atoms with Gasteiger partial charge in [0.2, 0.25) is 0 Å². The van der Waals surface area contributed by atoms with Gasteiger partial charge in [0.1, 0.15) is 0 Å². The van der Waals surface area contributed by atoms with Gasteiger partial charge < -0.3 is 10.2 Å². The van der Waals surface area contributed by atoms with Gasteiger partial charge >= 0.3 is 0 Å². The zero-order valence-corrected chi connectivity index (χ0v) is 14.5. The summed E-state index contributed by atoms with van der Waals surface area (Å²) >= 11 is 0. The number of likely N-dealkylation sites (N-methyl/N-ethyl adjacent to an activating group) is 1. The predicted octanol–water partition coefficient (Wildman–Crippen LogP) is 1.73. The Kier molecular flexibility index (Phi) is 6.84. The van der Waals surface area contributed by atoms with Crippen LogP contribution in [0, 0.1) is 0 Å². The molecular formula is C15H23ClN2O3S. The molecule has 1 fully saturated rings. The highest BCUT2D eigenvalue weighted by Crippen LogP contribution is 2.21. The van der Waals surface area contributed by atoms with Gasteiger partial charge in [0.25, 0.3) is 5.91 Å². The summed E-state index contributed by atoms with van der Waals surface area (Å²) in [4.78, 5) is 14.6. The molecule has 22 heavy (non-hydrogen) atoms. The summed E-state index contributed by atoms with van der Waals surface area (Å²) in [6, 6.07) is 6.77. The Morgan fingerprint density at radius 1 is 1.36 bits per heavy atom. The number of rotatable bonds is 4. The van der Waals surface area contributed by atoms with Crippen LogP contribution in [0.4, 0.5) is 0 Å². The third kappa shape index (κ3) is 4.00. The molecule has 0 aliphatic carbocycles. The van der Waals surface area contributed by atoms with Gasteiger partial charge in [-0.1, -0.05) is 19.1 Å². The lowest BCUT2D eigenvalue weighted by atomic mass is 10.0. The van der Waals surface area contributed by atoms with Crippen LogP contribution in [0.3, 0.4) is 0 Å². The molecule has 1 aromatic rings. The molecule has 124 valence electrons. The number of nitrogens with one attached hydrogen (secondary N) is 1. The summed E-state index contributed by atoms with van der Waals surface area (Å²) in [5.74, 6) is -0.196. The molecule has 1 atom stereocenters. The highest BCUT2D eigenvalue weighted by molar-refractivity contribution is 7.91. The van der Waals surface area contributed by atoms with Gasteiger partial charge in [-0.05, 0) is 32.0 Å². The van der Waals surface area contributed by atoms with Crippen LogP contribution in [0.25, 0.3) is 0 Å². The minimum absolute atomic E-state index is 0. The topological polar surface area (TPSA) is 66.5 Å². The zero-order chi connectivity index (χ0) is 15.5.